The molecule has 6 nitrogen and oxygen atoms in total. The first-order valence-corrected chi connectivity index (χ1v) is 5.41. The van der Waals surface area contributed by atoms with Gasteiger partial charge in [-0.2, -0.15) is 5.26 Å². The predicted molar refractivity (Wildman–Crippen MR) is 61.0 cm³/mol. The fourth-order valence-electron chi connectivity index (χ4n) is 1.80. The summed E-state index contributed by atoms with van der Waals surface area (Å²) in [5.74, 6) is 0.811. The average Bonchev–Trinajstić information content (AvgIpc) is 2.35. The number of hydrogen-bond donors (Lipinski definition) is 1. The zero-order valence-corrected chi connectivity index (χ0v) is 9.55. The molecule has 17 heavy (non-hydrogen) atoms. The lowest BCUT2D eigenvalue weighted by molar-refractivity contribution is -0.132. The first kappa shape index (κ1) is 11.3. The molecule has 0 bridgehead atoms. The van der Waals surface area contributed by atoms with E-state index < -0.39 is 0 Å². The first-order chi connectivity index (χ1) is 8.19. The van der Waals surface area contributed by atoms with Crippen molar-refractivity contribution in [2.24, 2.45) is 0 Å². The second kappa shape index (κ2) is 4.78. The minimum Gasteiger partial charge on any atom is -0.364 e. The van der Waals surface area contributed by atoms with Crippen LogP contribution in [0.5, 0.6) is 0 Å². The van der Waals surface area contributed by atoms with Gasteiger partial charge in [0.15, 0.2) is 5.69 Å². The lowest BCUT2D eigenvalue weighted by Crippen LogP contribution is -2.43. The van der Waals surface area contributed by atoms with Gasteiger partial charge in [0.2, 0.25) is 5.91 Å². The zero-order chi connectivity index (χ0) is 12.3. The van der Waals surface area contributed by atoms with Crippen LogP contribution in [0.25, 0.3) is 0 Å². The van der Waals surface area contributed by atoms with Gasteiger partial charge in [0, 0.05) is 26.1 Å². The molecule has 1 aromatic rings. The number of anilines is 1. The summed E-state index contributed by atoms with van der Waals surface area (Å²) >= 11 is 0. The molecule has 0 aliphatic carbocycles. The summed E-state index contributed by atoms with van der Waals surface area (Å²) in [6, 6.07) is 2.11. The molecule has 1 saturated heterocycles. The molecule has 1 amide bonds. The van der Waals surface area contributed by atoms with Crippen molar-refractivity contribution in [3.63, 3.8) is 0 Å². The van der Waals surface area contributed by atoms with E-state index in [4.69, 9.17) is 5.26 Å². The highest BCUT2D eigenvalue weighted by atomic mass is 16.2. The molecule has 1 aliphatic heterocycles. The van der Waals surface area contributed by atoms with Gasteiger partial charge in [-0.25, -0.2) is 9.97 Å². The Labute approximate surface area is 99.3 Å². The van der Waals surface area contributed by atoms with Crippen LogP contribution in [0.2, 0.25) is 0 Å². The molecule has 0 spiro atoms. The lowest BCUT2D eigenvalue weighted by Gasteiger charge is -2.30. The van der Waals surface area contributed by atoms with Crippen molar-refractivity contribution in [1.82, 2.24) is 14.9 Å². The Morgan fingerprint density at radius 1 is 1.53 bits per heavy atom. The highest BCUT2D eigenvalue weighted by Gasteiger charge is 2.22. The quantitative estimate of drug-likeness (QED) is 0.795. The molecule has 1 unspecified atom stereocenters. The number of carbonyl (C=O) groups excluding carboxylic acids is 1. The van der Waals surface area contributed by atoms with Crippen molar-refractivity contribution in [3.8, 4) is 6.07 Å². The van der Waals surface area contributed by atoms with Gasteiger partial charge in [-0.3, -0.25) is 4.79 Å². The number of hydrogen-bond acceptors (Lipinski definition) is 5. The number of nitrogens with one attached hydrogen (secondary N) is 1. The summed E-state index contributed by atoms with van der Waals surface area (Å²) in [4.78, 5) is 21.0. The number of carbonyl (C=O) groups is 1. The van der Waals surface area contributed by atoms with Crippen LogP contribution in [-0.4, -0.2) is 40.4 Å². The average molecular weight is 231 g/mol. The third-order valence-electron chi connectivity index (χ3n) is 2.75. The molecular formula is C11H13N5O. The van der Waals surface area contributed by atoms with E-state index in [9.17, 15) is 4.79 Å². The molecule has 0 radical (unpaired) electrons. The topological polar surface area (TPSA) is 81.9 Å². The molecule has 1 aromatic heterocycles. The maximum absolute atomic E-state index is 11.3. The number of likely N-dealkylation sites (tertiary alicyclic amines) is 1. The number of aromatic nitrogens is 2. The van der Waals surface area contributed by atoms with E-state index in [1.807, 2.05) is 6.07 Å². The van der Waals surface area contributed by atoms with Gasteiger partial charge in [0.25, 0.3) is 0 Å². The minimum absolute atomic E-state index is 0.175. The van der Waals surface area contributed by atoms with Gasteiger partial charge >= 0.3 is 0 Å². The monoisotopic (exact) mass is 231 g/mol. The van der Waals surface area contributed by atoms with E-state index in [1.165, 1.54) is 12.4 Å². The van der Waals surface area contributed by atoms with Gasteiger partial charge in [-0.15, -0.1) is 0 Å². The number of rotatable bonds is 2. The fraction of sp³-hybridized carbons (Fsp3) is 0.455. The van der Waals surface area contributed by atoms with Crippen molar-refractivity contribution >= 4 is 11.7 Å². The van der Waals surface area contributed by atoms with E-state index in [0.29, 0.717) is 24.5 Å². The number of nitriles is 1. The zero-order valence-electron chi connectivity index (χ0n) is 9.55. The summed E-state index contributed by atoms with van der Waals surface area (Å²) in [5, 5.41) is 11.8. The molecule has 88 valence electrons. The Balaban J connectivity index is 1.97. The van der Waals surface area contributed by atoms with Crippen LogP contribution in [-0.2, 0) is 4.79 Å². The summed E-state index contributed by atoms with van der Waals surface area (Å²) in [6.07, 6.45) is 4.32. The number of amides is 1. The van der Waals surface area contributed by atoms with Crippen molar-refractivity contribution in [2.75, 3.05) is 18.9 Å². The molecule has 1 N–H and O–H groups in total. The smallest absolute Gasteiger partial charge is 0.222 e. The van der Waals surface area contributed by atoms with Crippen LogP contribution >= 0.6 is 0 Å². The first-order valence-electron chi connectivity index (χ1n) is 5.41. The van der Waals surface area contributed by atoms with Crippen LogP contribution in [0, 0.1) is 11.3 Å². The maximum Gasteiger partial charge on any atom is 0.222 e. The van der Waals surface area contributed by atoms with E-state index in [0.717, 1.165) is 6.42 Å². The molecule has 2 rings (SSSR count). The van der Waals surface area contributed by atoms with Gasteiger partial charge in [-0.05, 0) is 6.42 Å². The summed E-state index contributed by atoms with van der Waals surface area (Å²) in [7, 11) is 1.79. The second-order valence-electron chi connectivity index (χ2n) is 4.05. The van der Waals surface area contributed by atoms with Gasteiger partial charge in [0.1, 0.15) is 11.9 Å². The van der Waals surface area contributed by atoms with Gasteiger partial charge in [0.05, 0.1) is 12.4 Å². The van der Waals surface area contributed by atoms with Crippen LogP contribution in [0.1, 0.15) is 18.5 Å². The Bertz CT molecular complexity index is 450. The molecule has 0 saturated carbocycles. The molecule has 1 aliphatic rings. The van der Waals surface area contributed by atoms with Gasteiger partial charge < -0.3 is 10.2 Å². The van der Waals surface area contributed by atoms with Crippen LogP contribution < -0.4 is 5.32 Å². The van der Waals surface area contributed by atoms with Crippen LogP contribution in [0.4, 0.5) is 5.82 Å². The van der Waals surface area contributed by atoms with E-state index in [-0.39, 0.29) is 11.9 Å². The molecule has 6 heteroatoms. The van der Waals surface area contributed by atoms with Crippen molar-refractivity contribution in [2.45, 2.75) is 18.9 Å². The normalized spacial score (nSPS) is 19.9. The summed E-state index contributed by atoms with van der Waals surface area (Å²) < 4.78 is 0. The third-order valence-corrected chi connectivity index (χ3v) is 2.75. The van der Waals surface area contributed by atoms with E-state index >= 15 is 0 Å². The third kappa shape index (κ3) is 2.69. The van der Waals surface area contributed by atoms with E-state index in [1.54, 1.807) is 11.9 Å². The SMILES string of the molecule is CN1CC(Nc2cnc(C#N)cn2)CCC1=O. The highest BCUT2D eigenvalue weighted by Crippen LogP contribution is 2.13. The second-order valence-corrected chi connectivity index (χ2v) is 4.05. The van der Waals surface area contributed by atoms with E-state index in [2.05, 4.69) is 15.3 Å². The fourth-order valence-corrected chi connectivity index (χ4v) is 1.80. The molecular weight excluding hydrogens is 218 g/mol. The predicted octanol–water partition coefficient (Wildman–Crippen LogP) is 0.381. The number of likely N-dealkylation sites (N-methyl/N-ethyl adjacent to an activating group) is 1. The highest BCUT2D eigenvalue weighted by molar-refractivity contribution is 5.76. The summed E-state index contributed by atoms with van der Waals surface area (Å²) in [6.45, 7) is 0.667. The molecule has 1 fully saturated rings. The van der Waals surface area contributed by atoms with Crippen LogP contribution in [0.3, 0.4) is 0 Å². The van der Waals surface area contributed by atoms with Crippen LogP contribution in [0.15, 0.2) is 12.4 Å². The molecule has 1 atom stereocenters. The van der Waals surface area contributed by atoms with Crippen molar-refractivity contribution < 1.29 is 4.79 Å². The molecule has 2 heterocycles. The maximum atomic E-state index is 11.3. The Morgan fingerprint density at radius 2 is 2.35 bits per heavy atom. The Morgan fingerprint density at radius 3 is 2.94 bits per heavy atom. The van der Waals surface area contributed by atoms with Crippen molar-refractivity contribution in [3.05, 3.63) is 18.1 Å². The number of nitrogens with zero attached hydrogens (tertiary/aromatic N) is 4. The number of piperidine rings is 1. The standard InChI is InChI=1S/C11H13N5O/c1-16-7-8(2-3-11(16)17)15-10-6-13-9(4-12)5-14-10/h5-6,8H,2-3,7H2,1H3,(H,14,15). The Kier molecular flexibility index (Phi) is 3.19. The minimum atomic E-state index is 0.175. The Hall–Kier alpha value is -2.16. The summed E-state index contributed by atoms with van der Waals surface area (Å²) in [5.41, 5.74) is 0.298. The van der Waals surface area contributed by atoms with Gasteiger partial charge in [-0.1, -0.05) is 0 Å². The lowest BCUT2D eigenvalue weighted by atomic mass is 10.1. The van der Waals surface area contributed by atoms with Crippen molar-refractivity contribution in [1.29, 1.82) is 5.26 Å². The molecule has 0 aromatic carbocycles. The largest absolute Gasteiger partial charge is 0.364 e.